The SMILES string of the molecule is O=C1C2CCC1C1c3ccccc3NC21. The van der Waals surface area contributed by atoms with Crippen molar-refractivity contribution in [2.75, 3.05) is 5.32 Å². The molecular formula is C13H13NO. The van der Waals surface area contributed by atoms with Gasteiger partial charge in [0.25, 0.3) is 0 Å². The van der Waals surface area contributed by atoms with E-state index >= 15 is 0 Å². The number of benzene rings is 1. The van der Waals surface area contributed by atoms with Crippen LogP contribution in [0.1, 0.15) is 24.3 Å². The summed E-state index contributed by atoms with van der Waals surface area (Å²) in [5.74, 6) is 1.61. The van der Waals surface area contributed by atoms with E-state index in [2.05, 4.69) is 29.6 Å². The van der Waals surface area contributed by atoms with E-state index < -0.39 is 0 Å². The highest BCUT2D eigenvalue weighted by atomic mass is 16.1. The lowest BCUT2D eigenvalue weighted by Gasteiger charge is -2.22. The fourth-order valence-corrected chi connectivity index (χ4v) is 3.83. The zero-order chi connectivity index (χ0) is 9.99. The Morgan fingerprint density at radius 1 is 1.13 bits per heavy atom. The molecule has 1 aliphatic heterocycles. The molecule has 3 aliphatic rings. The number of fused-ring (bicyclic) bond motifs is 7. The third-order valence-electron chi connectivity index (χ3n) is 4.42. The highest BCUT2D eigenvalue weighted by Gasteiger charge is 2.57. The summed E-state index contributed by atoms with van der Waals surface area (Å²) in [5.41, 5.74) is 2.64. The van der Waals surface area contributed by atoms with Gasteiger partial charge in [-0.2, -0.15) is 0 Å². The number of ketones is 1. The quantitative estimate of drug-likeness (QED) is 0.693. The van der Waals surface area contributed by atoms with Gasteiger partial charge in [-0.15, -0.1) is 0 Å². The standard InChI is InChI=1S/C13H13NO/c15-13-8-5-6-9(13)12-11(8)7-3-1-2-4-10(7)14-12/h1-4,8-9,11-12,14H,5-6H2. The van der Waals surface area contributed by atoms with E-state index in [0.29, 0.717) is 29.6 Å². The first-order valence-corrected chi connectivity index (χ1v) is 5.75. The van der Waals surface area contributed by atoms with Crippen molar-refractivity contribution in [2.24, 2.45) is 11.8 Å². The number of nitrogens with one attached hydrogen (secondary N) is 1. The Morgan fingerprint density at radius 3 is 2.87 bits per heavy atom. The van der Waals surface area contributed by atoms with Crippen LogP contribution in [0.4, 0.5) is 5.69 Å². The van der Waals surface area contributed by atoms with Crippen LogP contribution in [0.5, 0.6) is 0 Å². The van der Waals surface area contributed by atoms with Crippen molar-refractivity contribution in [2.45, 2.75) is 24.8 Å². The average Bonchev–Trinajstić information content (AvgIpc) is 2.87. The molecule has 0 radical (unpaired) electrons. The van der Waals surface area contributed by atoms with Crippen LogP contribution in [-0.2, 0) is 4.79 Å². The topological polar surface area (TPSA) is 29.1 Å². The van der Waals surface area contributed by atoms with Gasteiger partial charge in [-0.05, 0) is 24.5 Å². The molecule has 1 heterocycles. The first-order valence-electron chi connectivity index (χ1n) is 5.75. The molecule has 4 rings (SSSR count). The van der Waals surface area contributed by atoms with Gasteiger partial charge in [0.2, 0.25) is 0 Å². The van der Waals surface area contributed by atoms with Crippen LogP contribution < -0.4 is 5.32 Å². The molecule has 4 atom stereocenters. The van der Waals surface area contributed by atoms with Crippen molar-refractivity contribution >= 4 is 11.5 Å². The second-order valence-electron chi connectivity index (χ2n) is 4.98. The van der Waals surface area contributed by atoms with E-state index in [1.807, 2.05) is 0 Å². The normalized spacial score (nSPS) is 40.1. The average molecular weight is 199 g/mol. The van der Waals surface area contributed by atoms with Gasteiger partial charge in [0, 0.05) is 29.5 Å². The van der Waals surface area contributed by atoms with Gasteiger partial charge in [0.1, 0.15) is 5.78 Å². The minimum absolute atomic E-state index is 0.299. The molecule has 2 fully saturated rings. The Bertz CT molecular complexity index is 454. The van der Waals surface area contributed by atoms with Crippen molar-refractivity contribution in [3.8, 4) is 0 Å². The first-order chi connectivity index (χ1) is 7.36. The third-order valence-corrected chi connectivity index (χ3v) is 4.42. The number of hydrogen-bond donors (Lipinski definition) is 1. The summed E-state index contributed by atoms with van der Waals surface area (Å²) in [6, 6.07) is 8.88. The molecule has 76 valence electrons. The number of rotatable bonds is 0. The summed E-state index contributed by atoms with van der Waals surface area (Å²) in [6.07, 6.45) is 2.21. The molecule has 15 heavy (non-hydrogen) atoms. The van der Waals surface area contributed by atoms with Gasteiger partial charge >= 0.3 is 0 Å². The van der Waals surface area contributed by atoms with Gasteiger partial charge in [0.05, 0.1) is 0 Å². The molecule has 1 aromatic rings. The Balaban J connectivity index is 1.88. The Labute approximate surface area is 88.7 Å². The van der Waals surface area contributed by atoms with Crippen molar-refractivity contribution < 1.29 is 4.79 Å². The van der Waals surface area contributed by atoms with E-state index in [0.717, 1.165) is 12.8 Å². The molecule has 2 bridgehead atoms. The number of para-hydroxylation sites is 1. The van der Waals surface area contributed by atoms with Gasteiger partial charge in [-0.3, -0.25) is 4.79 Å². The molecule has 0 spiro atoms. The van der Waals surface area contributed by atoms with Crippen LogP contribution in [0.25, 0.3) is 0 Å². The molecule has 1 N–H and O–H groups in total. The zero-order valence-electron chi connectivity index (χ0n) is 8.44. The highest BCUT2D eigenvalue weighted by Crippen LogP contribution is 2.56. The third kappa shape index (κ3) is 0.796. The van der Waals surface area contributed by atoms with E-state index in [9.17, 15) is 4.79 Å². The van der Waals surface area contributed by atoms with Crippen LogP contribution in [0.15, 0.2) is 24.3 Å². The van der Waals surface area contributed by atoms with Gasteiger partial charge in [-0.25, -0.2) is 0 Å². The maximum atomic E-state index is 12.0. The van der Waals surface area contributed by atoms with E-state index in [-0.39, 0.29) is 0 Å². The summed E-state index contributed by atoms with van der Waals surface area (Å²) in [4.78, 5) is 12.0. The maximum Gasteiger partial charge on any atom is 0.141 e. The molecule has 2 aliphatic carbocycles. The van der Waals surface area contributed by atoms with Crippen molar-refractivity contribution in [3.63, 3.8) is 0 Å². The summed E-state index contributed by atoms with van der Waals surface area (Å²) in [5, 5.41) is 3.54. The number of carbonyl (C=O) groups excluding carboxylic acids is 1. The molecular weight excluding hydrogens is 186 g/mol. The highest BCUT2D eigenvalue weighted by molar-refractivity contribution is 5.92. The van der Waals surface area contributed by atoms with Crippen LogP contribution in [-0.4, -0.2) is 11.8 Å². The summed E-state index contributed by atoms with van der Waals surface area (Å²) in [6.45, 7) is 0. The summed E-state index contributed by atoms with van der Waals surface area (Å²) < 4.78 is 0. The van der Waals surface area contributed by atoms with Crippen LogP contribution >= 0.6 is 0 Å². The molecule has 4 unspecified atom stereocenters. The van der Waals surface area contributed by atoms with Gasteiger partial charge < -0.3 is 5.32 Å². The first kappa shape index (κ1) is 7.91. The fourth-order valence-electron chi connectivity index (χ4n) is 3.83. The smallest absolute Gasteiger partial charge is 0.141 e. The minimum atomic E-state index is 0.299. The van der Waals surface area contributed by atoms with Crippen molar-refractivity contribution in [1.29, 1.82) is 0 Å². The molecule has 0 aromatic heterocycles. The van der Waals surface area contributed by atoms with Crippen LogP contribution in [0.2, 0.25) is 0 Å². The van der Waals surface area contributed by atoms with Gasteiger partial charge in [0.15, 0.2) is 0 Å². The molecule has 2 saturated carbocycles. The predicted molar refractivity (Wildman–Crippen MR) is 57.8 cm³/mol. The van der Waals surface area contributed by atoms with Crippen LogP contribution in [0.3, 0.4) is 0 Å². The largest absolute Gasteiger partial charge is 0.381 e. The molecule has 2 heteroatoms. The van der Waals surface area contributed by atoms with E-state index in [1.165, 1.54) is 11.3 Å². The van der Waals surface area contributed by atoms with Crippen molar-refractivity contribution in [3.05, 3.63) is 29.8 Å². The summed E-state index contributed by atoms with van der Waals surface area (Å²) in [7, 11) is 0. The molecule has 0 saturated heterocycles. The Kier molecular flexibility index (Phi) is 1.28. The monoisotopic (exact) mass is 199 g/mol. The molecule has 1 aromatic carbocycles. The fraction of sp³-hybridized carbons (Fsp3) is 0.462. The Hall–Kier alpha value is -1.31. The lowest BCUT2D eigenvalue weighted by molar-refractivity contribution is -0.121. The van der Waals surface area contributed by atoms with E-state index in [1.54, 1.807) is 0 Å². The number of carbonyl (C=O) groups is 1. The number of Topliss-reactive ketones (excluding diaryl/α,β-unsaturated/α-hetero) is 1. The molecule has 2 nitrogen and oxygen atoms in total. The van der Waals surface area contributed by atoms with Gasteiger partial charge in [-0.1, -0.05) is 18.2 Å². The maximum absolute atomic E-state index is 12.0. The second-order valence-corrected chi connectivity index (χ2v) is 4.98. The lowest BCUT2D eigenvalue weighted by atomic mass is 9.82. The number of hydrogen-bond acceptors (Lipinski definition) is 2. The molecule has 0 amide bonds. The minimum Gasteiger partial charge on any atom is -0.381 e. The number of anilines is 1. The zero-order valence-corrected chi connectivity index (χ0v) is 8.44. The second kappa shape index (κ2) is 2.43. The Morgan fingerprint density at radius 2 is 1.93 bits per heavy atom. The predicted octanol–water partition coefficient (Wildman–Crippen LogP) is 2.17. The lowest BCUT2D eigenvalue weighted by Crippen LogP contribution is -2.27. The van der Waals surface area contributed by atoms with Crippen LogP contribution in [0, 0.1) is 11.8 Å². The van der Waals surface area contributed by atoms with Crippen molar-refractivity contribution in [1.82, 2.24) is 0 Å². The summed E-state index contributed by atoms with van der Waals surface area (Å²) >= 11 is 0. The van der Waals surface area contributed by atoms with E-state index in [4.69, 9.17) is 0 Å².